The van der Waals surface area contributed by atoms with Crippen molar-refractivity contribution in [2.75, 3.05) is 18.0 Å². The van der Waals surface area contributed by atoms with Gasteiger partial charge >= 0.3 is 5.97 Å². The average Bonchev–Trinajstić information content (AvgIpc) is 2.25. The van der Waals surface area contributed by atoms with E-state index < -0.39 is 5.97 Å². The van der Waals surface area contributed by atoms with Crippen LogP contribution in [0.25, 0.3) is 0 Å². The van der Waals surface area contributed by atoms with Crippen LogP contribution in [0, 0.1) is 5.92 Å². The Balaban J connectivity index is 2.92. The van der Waals surface area contributed by atoms with Crippen molar-refractivity contribution in [1.29, 1.82) is 0 Å². The molecule has 1 aromatic carbocycles. The summed E-state index contributed by atoms with van der Waals surface area (Å²) in [5.74, 6) is -0.309. The zero-order chi connectivity index (χ0) is 12.1. The van der Waals surface area contributed by atoms with Gasteiger partial charge in [0, 0.05) is 18.8 Å². The number of carboxylic acids is 1. The molecule has 1 aromatic rings. The van der Waals surface area contributed by atoms with E-state index in [2.05, 4.69) is 25.7 Å². The fourth-order valence-electron chi connectivity index (χ4n) is 1.69. The van der Waals surface area contributed by atoms with E-state index in [1.165, 1.54) is 0 Å². The molecule has 0 bridgehead atoms. The van der Waals surface area contributed by atoms with E-state index >= 15 is 0 Å². The number of nitrogens with zero attached hydrogens (tertiary/aromatic N) is 1. The molecule has 0 aromatic heterocycles. The Morgan fingerprint density at radius 3 is 2.62 bits per heavy atom. The van der Waals surface area contributed by atoms with Crippen LogP contribution < -0.4 is 4.90 Å². The molecule has 0 aliphatic carbocycles. The van der Waals surface area contributed by atoms with Gasteiger partial charge in [-0.25, -0.2) is 4.79 Å². The predicted molar refractivity (Wildman–Crippen MR) is 66.1 cm³/mol. The standard InChI is InChI=1S/C13H19NO2/c1-4-14(9-10(2)3)12-7-5-6-11(8-12)13(15)16/h5-8,10H,4,9H2,1-3H3,(H,15,16). The average molecular weight is 221 g/mol. The van der Waals surface area contributed by atoms with Gasteiger partial charge in [0.25, 0.3) is 0 Å². The molecule has 0 radical (unpaired) electrons. The highest BCUT2D eigenvalue weighted by Gasteiger charge is 2.09. The molecule has 0 aliphatic heterocycles. The SMILES string of the molecule is CCN(CC(C)C)c1cccc(C(=O)O)c1. The van der Waals surface area contributed by atoms with Crippen molar-refractivity contribution in [3.8, 4) is 0 Å². The van der Waals surface area contributed by atoms with Crippen molar-refractivity contribution >= 4 is 11.7 Å². The number of hydrogen-bond donors (Lipinski definition) is 1. The van der Waals surface area contributed by atoms with Crippen LogP contribution in [0.2, 0.25) is 0 Å². The molecule has 0 saturated carbocycles. The molecule has 88 valence electrons. The third-order valence-electron chi connectivity index (χ3n) is 2.43. The van der Waals surface area contributed by atoms with Crippen molar-refractivity contribution in [2.45, 2.75) is 20.8 Å². The summed E-state index contributed by atoms with van der Waals surface area (Å²) >= 11 is 0. The second-order valence-electron chi connectivity index (χ2n) is 4.29. The summed E-state index contributed by atoms with van der Waals surface area (Å²) < 4.78 is 0. The molecule has 0 amide bonds. The number of carbonyl (C=O) groups is 1. The van der Waals surface area contributed by atoms with Crippen LogP contribution in [0.4, 0.5) is 5.69 Å². The molecule has 16 heavy (non-hydrogen) atoms. The Morgan fingerprint density at radius 1 is 1.44 bits per heavy atom. The molecule has 0 atom stereocenters. The quantitative estimate of drug-likeness (QED) is 0.831. The minimum Gasteiger partial charge on any atom is -0.478 e. The maximum absolute atomic E-state index is 10.9. The smallest absolute Gasteiger partial charge is 0.335 e. The fraction of sp³-hybridized carbons (Fsp3) is 0.462. The lowest BCUT2D eigenvalue weighted by Crippen LogP contribution is -2.27. The van der Waals surface area contributed by atoms with Gasteiger partial charge < -0.3 is 10.0 Å². The highest BCUT2D eigenvalue weighted by atomic mass is 16.4. The van der Waals surface area contributed by atoms with Gasteiger partial charge in [-0.05, 0) is 31.0 Å². The molecule has 0 aliphatic rings. The van der Waals surface area contributed by atoms with Gasteiger partial charge in [0.1, 0.15) is 0 Å². The number of anilines is 1. The zero-order valence-corrected chi connectivity index (χ0v) is 10.1. The van der Waals surface area contributed by atoms with E-state index in [4.69, 9.17) is 5.11 Å². The van der Waals surface area contributed by atoms with Crippen LogP contribution in [0.15, 0.2) is 24.3 Å². The highest BCUT2D eigenvalue weighted by molar-refractivity contribution is 5.88. The molecular formula is C13H19NO2. The molecule has 0 spiro atoms. The van der Waals surface area contributed by atoms with E-state index in [1.807, 2.05) is 6.07 Å². The minimum atomic E-state index is -0.873. The zero-order valence-electron chi connectivity index (χ0n) is 10.1. The van der Waals surface area contributed by atoms with Gasteiger partial charge in [0.2, 0.25) is 0 Å². The lowest BCUT2D eigenvalue weighted by molar-refractivity contribution is 0.0697. The lowest BCUT2D eigenvalue weighted by atomic mass is 10.1. The summed E-state index contributed by atoms with van der Waals surface area (Å²) in [4.78, 5) is 13.1. The summed E-state index contributed by atoms with van der Waals surface area (Å²) in [6.45, 7) is 8.23. The van der Waals surface area contributed by atoms with Crippen LogP contribution in [0.5, 0.6) is 0 Å². The van der Waals surface area contributed by atoms with Gasteiger partial charge in [-0.2, -0.15) is 0 Å². The van der Waals surface area contributed by atoms with Crippen LogP contribution in [-0.4, -0.2) is 24.2 Å². The van der Waals surface area contributed by atoms with Gasteiger partial charge in [-0.15, -0.1) is 0 Å². The molecule has 1 N–H and O–H groups in total. The molecule has 0 heterocycles. The molecule has 3 nitrogen and oxygen atoms in total. The predicted octanol–water partition coefficient (Wildman–Crippen LogP) is 2.87. The van der Waals surface area contributed by atoms with E-state index in [1.54, 1.807) is 18.2 Å². The Bertz CT molecular complexity index is 361. The van der Waals surface area contributed by atoms with Gasteiger partial charge in [-0.3, -0.25) is 0 Å². The Hall–Kier alpha value is -1.51. The Kier molecular flexibility index (Phi) is 4.35. The second kappa shape index (κ2) is 5.54. The van der Waals surface area contributed by atoms with Crippen molar-refractivity contribution in [3.05, 3.63) is 29.8 Å². The molecule has 0 saturated heterocycles. The van der Waals surface area contributed by atoms with Gasteiger partial charge in [0.05, 0.1) is 5.56 Å². The summed E-state index contributed by atoms with van der Waals surface area (Å²) in [6, 6.07) is 7.10. The van der Waals surface area contributed by atoms with Crippen molar-refractivity contribution in [1.82, 2.24) is 0 Å². The van der Waals surface area contributed by atoms with E-state index in [-0.39, 0.29) is 0 Å². The van der Waals surface area contributed by atoms with Crippen molar-refractivity contribution in [3.63, 3.8) is 0 Å². The van der Waals surface area contributed by atoms with E-state index in [9.17, 15) is 4.79 Å². The first-order valence-corrected chi connectivity index (χ1v) is 5.63. The first-order valence-electron chi connectivity index (χ1n) is 5.63. The fourth-order valence-corrected chi connectivity index (χ4v) is 1.69. The maximum Gasteiger partial charge on any atom is 0.335 e. The number of benzene rings is 1. The summed E-state index contributed by atoms with van der Waals surface area (Å²) in [5, 5.41) is 8.93. The summed E-state index contributed by atoms with van der Waals surface area (Å²) in [7, 11) is 0. The van der Waals surface area contributed by atoms with Gasteiger partial charge in [-0.1, -0.05) is 19.9 Å². The molecule has 0 fully saturated rings. The van der Waals surface area contributed by atoms with Crippen LogP contribution in [0.3, 0.4) is 0 Å². The molecule has 3 heteroatoms. The lowest BCUT2D eigenvalue weighted by Gasteiger charge is -2.25. The van der Waals surface area contributed by atoms with Crippen LogP contribution in [0.1, 0.15) is 31.1 Å². The van der Waals surface area contributed by atoms with Crippen molar-refractivity contribution in [2.24, 2.45) is 5.92 Å². The van der Waals surface area contributed by atoms with Crippen LogP contribution >= 0.6 is 0 Å². The molecular weight excluding hydrogens is 202 g/mol. The molecule has 1 rings (SSSR count). The largest absolute Gasteiger partial charge is 0.478 e. The Labute approximate surface area is 96.7 Å². The third kappa shape index (κ3) is 3.26. The maximum atomic E-state index is 10.9. The topological polar surface area (TPSA) is 40.5 Å². The summed E-state index contributed by atoms with van der Waals surface area (Å²) in [6.07, 6.45) is 0. The second-order valence-corrected chi connectivity index (χ2v) is 4.29. The number of carboxylic acid groups (broad SMARTS) is 1. The third-order valence-corrected chi connectivity index (χ3v) is 2.43. The number of hydrogen-bond acceptors (Lipinski definition) is 2. The van der Waals surface area contributed by atoms with Crippen molar-refractivity contribution < 1.29 is 9.90 Å². The number of aromatic carboxylic acids is 1. The highest BCUT2D eigenvalue weighted by Crippen LogP contribution is 2.17. The first kappa shape index (κ1) is 12.6. The molecule has 0 unspecified atom stereocenters. The first-order chi connectivity index (χ1) is 7.54. The van der Waals surface area contributed by atoms with Gasteiger partial charge in [0.15, 0.2) is 0 Å². The normalized spacial score (nSPS) is 10.5. The Morgan fingerprint density at radius 2 is 2.12 bits per heavy atom. The number of rotatable bonds is 5. The van der Waals surface area contributed by atoms with E-state index in [0.717, 1.165) is 18.8 Å². The summed E-state index contributed by atoms with van der Waals surface area (Å²) in [5.41, 5.74) is 1.33. The minimum absolute atomic E-state index is 0.347. The van der Waals surface area contributed by atoms with E-state index in [0.29, 0.717) is 11.5 Å². The van der Waals surface area contributed by atoms with Crippen LogP contribution in [-0.2, 0) is 0 Å². The monoisotopic (exact) mass is 221 g/mol.